The second kappa shape index (κ2) is 11.5. The van der Waals surface area contributed by atoms with E-state index in [0.29, 0.717) is 26.2 Å². The van der Waals surface area contributed by atoms with Gasteiger partial charge in [0, 0.05) is 26.2 Å². The zero-order chi connectivity index (χ0) is 23.7. The Morgan fingerprint density at radius 3 is 1.76 bits per heavy atom. The van der Waals surface area contributed by atoms with Gasteiger partial charge in [-0.15, -0.1) is 0 Å². The Morgan fingerprint density at radius 2 is 1.30 bits per heavy atom. The predicted molar refractivity (Wildman–Crippen MR) is 121 cm³/mol. The van der Waals surface area contributed by atoms with Gasteiger partial charge in [-0.1, -0.05) is 60.7 Å². The number of nitrogens with one attached hydrogen (secondary N) is 1. The Balaban J connectivity index is 1.72. The summed E-state index contributed by atoms with van der Waals surface area (Å²) < 4.78 is 16.5. The third-order valence-corrected chi connectivity index (χ3v) is 5.34. The first-order chi connectivity index (χ1) is 15.9. The molecule has 0 unspecified atom stereocenters. The Labute approximate surface area is 193 Å². The Kier molecular flexibility index (Phi) is 8.43. The number of esters is 2. The minimum absolute atomic E-state index is 0.00996. The molecular formula is C25H30N2O6. The second-order valence-electron chi connectivity index (χ2n) is 8.33. The number of ether oxygens (including phenoxy) is 3. The molecule has 8 heteroatoms. The number of benzene rings is 2. The minimum Gasteiger partial charge on any atom is -0.460 e. The standard InChI is InChI=1S/C25H30N2O6/c1-25(2,33-24(30)27-15-13-26-14-16-27)21(22(28)31-17-19-9-5-3-6-10-19)23(29)32-18-20-11-7-4-8-12-20/h3-12,21,26H,13-18H2,1-2H3. The van der Waals surface area contributed by atoms with E-state index >= 15 is 0 Å². The zero-order valence-corrected chi connectivity index (χ0v) is 19.0. The van der Waals surface area contributed by atoms with E-state index in [4.69, 9.17) is 14.2 Å². The monoisotopic (exact) mass is 454 g/mol. The molecule has 1 aliphatic rings. The number of rotatable bonds is 8. The summed E-state index contributed by atoms with van der Waals surface area (Å²) in [5.74, 6) is -3.07. The average Bonchev–Trinajstić information content (AvgIpc) is 2.83. The summed E-state index contributed by atoms with van der Waals surface area (Å²) in [6.07, 6.45) is -0.585. The molecular weight excluding hydrogens is 424 g/mol. The van der Waals surface area contributed by atoms with Crippen LogP contribution < -0.4 is 5.32 Å². The van der Waals surface area contributed by atoms with E-state index in [1.807, 2.05) is 60.7 Å². The van der Waals surface area contributed by atoms with Crippen LogP contribution in [0, 0.1) is 5.92 Å². The lowest BCUT2D eigenvalue weighted by molar-refractivity contribution is -0.174. The molecule has 0 saturated carbocycles. The molecule has 0 aliphatic carbocycles. The van der Waals surface area contributed by atoms with Crippen LogP contribution in [0.1, 0.15) is 25.0 Å². The second-order valence-corrected chi connectivity index (χ2v) is 8.33. The molecule has 0 spiro atoms. The zero-order valence-electron chi connectivity index (χ0n) is 19.0. The van der Waals surface area contributed by atoms with E-state index < -0.39 is 29.6 Å². The molecule has 8 nitrogen and oxygen atoms in total. The summed E-state index contributed by atoms with van der Waals surface area (Å²) in [7, 11) is 0. The largest absolute Gasteiger partial charge is 0.460 e. The maximum absolute atomic E-state index is 13.0. The molecule has 1 heterocycles. The lowest BCUT2D eigenvalue weighted by Crippen LogP contribution is -2.52. The summed E-state index contributed by atoms with van der Waals surface area (Å²) in [5.41, 5.74) is 0.0690. The van der Waals surface area contributed by atoms with E-state index in [9.17, 15) is 14.4 Å². The summed E-state index contributed by atoms with van der Waals surface area (Å²) in [6.45, 7) is 5.28. The summed E-state index contributed by atoms with van der Waals surface area (Å²) in [6, 6.07) is 18.3. The number of carbonyl (C=O) groups is 3. The number of piperazine rings is 1. The van der Waals surface area contributed by atoms with Gasteiger partial charge in [0.05, 0.1) is 0 Å². The lowest BCUT2D eigenvalue weighted by Gasteiger charge is -2.34. The van der Waals surface area contributed by atoms with Gasteiger partial charge in [-0.25, -0.2) is 4.79 Å². The fourth-order valence-electron chi connectivity index (χ4n) is 3.48. The van der Waals surface area contributed by atoms with Crippen LogP contribution in [0.5, 0.6) is 0 Å². The maximum Gasteiger partial charge on any atom is 0.410 e. The first-order valence-electron chi connectivity index (χ1n) is 11.0. The molecule has 1 saturated heterocycles. The number of hydrogen-bond donors (Lipinski definition) is 1. The SMILES string of the molecule is CC(C)(OC(=O)N1CCNCC1)C(C(=O)OCc1ccccc1)C(=O)OCc1ccccc1. The number of nitrogens with zero attached hydrogens (tertiary/aromatic N) is 1. The highest BCUT2D eigenvalue weighted by Gasteiger charge is 2.47. The van der Waals surface area contributed by atoms with Crippen molar-refractivity contribution >= 4 is 18.0 Å². The van der Waals surface area contributed by atoms with Gasteiger partial charge in [-0.2, -0.15) is 0 Å². The first kappa shape index (κ1) is 24.3. The third kappa shape index (κ3) is 7.05. The molecule has 1 fully saturated rings. The maximum atomic E-state index is 13.0. The average molecular weight is 455 g/mol. The van der Waals surface area contributed by atoms with Gasteiger partial charge in [0.1, 0.15) is 18.8 Å². The van der Waals surface area contributed by atoms with Crippen LogP contribution in [-0.2, 0) is 37.0 Å². The summed E-state index contributed by atoms with van der Waals surface area (Å²) >= 11 is 0. The fraction of sp³-hybridized carbons (Fsp3) is 0.400. The van der Waals surface area contributed by atoms with Crippen molar-refractivity contribution in [3.63, 3.8) is 0 Å². The van der Waals surface area contributed by atoms with Crippen molar-refractivity contribution in [1.82, 2.24) is 10.2 Å². The molecule has 1 aliphatic heterocycles. The summed E-state index contributed by atoms with van der Waals surface area (Å²) in [4.78, 5) is 40.3. The van der Waals surface area contributed by atoms with Crippen molar-refractivity contribution < 1.29 is 28.6 Å². The van der Waals surface area contributed by atoms with Crippen LogP contribution in [0.4, 0.5) is 4.79 Å². The number of hydrogen-bond acceptors (Lipinski definition) is 7. The van der Waals surface area contributed by atoms with Gasteiger partial charge < -0.3 is 24.4 Å². The Hall–Kier alpha value is -3.39. The van der Waals surface area contributed by atoms with Gasteiger partial charge in [0.2, 0.25) is 0 Å². The molecule has 2 aromatic carbocycles. The van der Waals surface area contributed by atoms with Gasteiger partial charge in [-0.05, 0) is 25.0 Å². The fourth-order valence-corrected chi connectivity index (χ4v) is 3.48. The highest BCUT2D eigenvalue weighted by Crippen LogP contribution is 2.27. The smallest absolute Gasteiger partial charge is 0.410 e. The number of amides is 1. The minimum atomic E-state index is -1.48. The molecule has 1 amide bonds. The van der Waals surface area contributed by atoms with Crippen molar-refractivity contribution in [2.24, 2.45) is 5.92 Å². The molecule has 0 radical (unpaired) electrons. The van der Waals surface area contributed by atoms with Gasteiger partial charge in [0.15, 0.2) is 5.92 Å². The first-order valence-corrected chi connectivity index (χ1v) is 11.0. The van der Waals surface area contributed by atoms with Gasteiger partial charge >= 0.3 is 18.0 Å². The van der Waals surface area contributed by atoms with E-state index in [1.54, 1.807) is 4.90 Å². The van der Waals surface area contributed by atoms with Crippen LogP contribution in [-0.4, -0.2) is 54.7 Å². The molecule has 1 N–H and O–H groups in total. The molecule has 3 rings (SSSR count). The quantitative estimate of drug-likeness (QED) is 0.372. The van der Waals surface area contributed by atoms with Crippen molar-refractivity contribution in [2.75, 3.05) is 26.2 Å². The third-order valence-electron chi connectivity index (χ3n) is 5.34. The van der Waals surface area contributed by atoms with Crippen molar-refractivity contribution in [2.45, 2.75) is 32.7 Å². The Morgan fingerprint density at radius 1 is 0.848 bits per heavy atom. The highest BCUT2D eigenvalue weighted by molar-refractivity contribution is 5.96. The molecule has 33 heavy (non-hydrogen) atoms. The molecule has 0 bridgehead atoms. The molecule has 0 atom stereocenters. The van der Waals surface area contributed by atoms with Gasteiger partial charge in [-0.3, -0.25) is 9.59 Å². The van der Waals surface area contributed by atoms with Crippen LogP contribution in [0.15, 0.2) is 60.7 Å². The van der Waals surface area contributed by atoms with E-state index in [0.717, 1.165) is 11.1 Å². The lowest BCUT2D eigenvalue weighted by atomic mass is 9.90. The van der Waals surface area contributed by atoms with Crippen LogP contribution in [0.3, 0.4) is 0 Å². The molecule has 2 aromatic rings. The van der Waals surface area contributed by atoms with Crippen molar-refractivity contribution in [3.8, 4) is 0 Å². The molecule has 0 aromatic heterocycles. The summed E-state index contributed by atoms with van der Waals surface area (Å²) in [5, 5.41) is 3.16. The topological polar surface area (TPSA) is 94.2 Å². The van der Waals surface area contributed by atoms with Crippen LogP contribution in [0.2, 0.25) is 0 Å². The van der Waals surface area contributed by atoms with Crippen LogP contribution >= 0.6 is 0 Å². The van der Waals surface area contributed by atoms with Crippen molar-refractivity contribution in [3.05, 3.63) is 71.8 Å². The predicted octanol–water partition coefficient (Wildman–Crippen LogP) is 2.91. The Bertz CT molecular complexity index is 871. The van der Waals surface area contributed by atoms with E-state index in [1.165, 1.54) is 13.8 Å². The van der Waals surface area contributed by atoms with Crippen LogP contribution in [0.25, 0.3) is 0 Å². The number of carbonyl (C=O) groups excluding carboxylic acids is 3. The molecule has 176 valence electrons. The highest BCUT2D eigenvalue weighted by atomic mass is 16.6. The van der Waals surface area contributed by atoms with Crippen molar-refractivity contribution in [1.29, 1.82) is 0 Å². The van der Waals surface area contributed by atoms with E-state index in [-0.39, 0.29) is 13.2 Å². The van der Waals surface area contributed by atoms with Gasteiger partial charge in [0.25, 0.3) is 0 Å². The normalized spacial score (nSPS) is 14.0. The van der Waals surface area contributed by atoms with E-state index in [2.05, 4.69) is 5.32 Å².